The number of nitrogens with one attached hydrogen (secondary N) is 1. The van der Waals surface area contributed by atoms with E-state index in [0.717, 1.165) is 11.6 Å². The van der Waals surface area contributed by atoms with Gasteiger partial charge < -0.3 is 14.8 Å². The Morgan fingerprint density at radius 3 is 2.36 bits per heavy atom. The number of aromatic nitrogens is 3. The number of fused-ring (bicyclic) bond motifs is 1. The predicted molar refractivity (Wildman–Crippen MR) is 139 cm³/mol. The predicted octanol–water partition coefficient (Wildman–Crippen LogP) is 7.48. The van der Waals surface area contributed by atoms with Gasteiger partial charge in [-0.2, -0.15) is 13.2 Å². The molecule has 0 saturated heterocycles. The summed E-state index contributed by atoms with van der Waals surface area (Å²) in [6.45, 7) is -0.529. The second-order valence-corrected chi connectivity index (χ2v) is 8.50. The molecule has 10 heteroatoms. The molecular formula is C29H22F4N4O2. The number of nitrogens with zero attached hydrogens (tertiary/aromatic N) is 3. The molecule has 0 amide bonds. The second kappa shape index (κ2) is 11.4. The van der Waals surface area contributed by atoms with Gasteiger partial charge in [-0.25, -0.2) is 14.4 Å². The first-order valence-electron chi connectivity index (χ1n) is 11.9. The minimum Gasteiger partial charge on any atom is -0.463 e. The molecule has 2 aromatic heterocycles. The van der Waals surface area contributed by atoms with Crippen molar-refractivity contribution in [1.82, 2.24) is 15.0 Å². The number of halogens is 4. The Labute approximate surface area is 221 Å². The number of pyridine rings is 1. The van der Waals surface area contributed by atoms with Crippen LogP contribution in [0.5, 0.6) is 5.75 Å². The van der Waals surface area contributed by atoms with Gasteiger partial charge >= 0.3 is 6.18 Å². The van der Waals surface area contributed by atoms with Crippen LogP contribution in [-0.4, -0.2) is 21.8 Å². The molecule has 0 fully saturated rings. The Morgan fingerprint density at radius 1 is 0.821 bits per heavy atom. The van der Waals surface area contributed by atoms with Crippen molar-refractivity contribution in [1.29, 1.82) is 0 Å². The average Bonchev–Trinajstić information content (AvgIpc) is 2.94. The van der Waals surface area contributed by atoms with Gasteiger partial charge in [-0.1, -0.05) is 36.4 Å². The van der Waals surface area contributed by atoms with E-state index in [4.69, 9.17) is 9.47 Å². The molecule has 0 saturated carbocycles. The topological polar surface area (TPSA) is 69.2 Å². The van der Waals surface area contributed by atoms with E-state index < -0.39 is 18.6 Å². The first kappa shape index (κ1) is 26.1. The van der Waals surface area contributed by atoms with Gasteiger partial charge in [0.2, 0.25) is 6.86 Å². The van der Waals surface area contributed by atoms with Crippen LogP contribution in [0.25, 0.3) is 22.2 Å². The SMILES string of the molecule is FCOc1ccc(Nc2nc(COCc3ccccc3)nc3cc(-c4ncccc4C(F)(F)F)ccc23)cc1. The van der Waals surface area contributed by atoms with Crippen molar-refractivity contribution in [3.05, 3.63) is 108 Å². The van der Waals surface area contributed by atoms with Crippen molar-refractivity contribution >= 4 is 22.4 Å². The third-order valence-electron chi connectivity index (χ3n) is 5.81. The van der Waals surface area contributed by atoms with Gasteiger partial charge in [-0.15, -0.1) is 0 Å². The van der Waals surface area contributed by atoms with Gasteiger partial charge in [-0.05, 0) is 54.1 Å². The largest absolute Gasteiger partial charge is 0.463 e. The highest BCUT2D eigenvalue weighted by atomic mass is 19.4. The number of hydrogen-bond donors (Lipinski definition) is 1. The van der Waals surface area contributed by atoms with Gasteiger partial charge in [-0.3, -0.25) is 4.98 Å². The number of rotatable bonds is 9. The molecule has 0 aliphatic rings. The Bertz CT molecular complexity index is 1560. The van der Waals surface area contributed by atoms with E-state index in [2.05, 4.69) is 20.3 Å². The maximum atomic E-state index is 13.7. The van der Waals surface area contributed by atoms with Crippen LogP contribution < -0.4 is 10.1 Å². The molecule has 2 heterocycles. The normalized spacial score (nSPS) is 11.5. The maximum absolute atomic E-state index is 13.7. The van der Waals surface area contributed by atoms with Crippen LogP contribution >= 0.6 is 0 Å². The van der Waals surface area contributed by atoms with Crippen molar-refractivity contribution in [3.8, 4) is 17.0 Å². The Kier molecular flexibility index (Phi) is 7.64. The highest BCUT2D eigenvalue weighted by molar-refractivity contribution is 5.93. The van der Waals surface area contributed by atoms with Gasteiger partial charge in [0.05, 0.1) is 23.4 Å². The Morgan fingerprint density at radius 2 is 1.62 bits per heavy atom. The summed E-state index contributed by atoms with van der Waals surface area (Å²) in [5.41, 5.74) is 1.28. The zero-order chi connectivity index (χ0) is 27.2. The Balaban J connectivity index is 1.51. The van der Waals surface area contributed by atoms with Crippen molar-refractivity contribution in [2.75, 3.05) is 12.2 Å². The molecule has 0 atom stereocenters. The molecule has 0 bridgehead atoms. The van der Waals surface area contributed by atoms with Crippen molar-refractivity contribution in [2.45, 2.75) is 19.4 Å². The lowest BCUT2D eigenvalue weighted by Crippen LogP contribution is -2.08. The lowest BCUT2D eigenvalue weighted by atomic mass is 10.0. The van der Waals surface area contributed by atoms with Crippen LogP contribution in [0.2, 0.25) is 0 Å². The minimum absolute atomic E-state index is 0.0738. The van der Waals surface area contributed by atoms with Crippen molar-refractivity contribution < 1.29 is 27.0 Å². The summed E-state index contributed by atoms with van der Waals surface area (Å²) in [6.07, 6.45) is -3.24. The van der Waals surface area contributed by atoms with Crippen LogP contribution in [0.1, 0.15) is 17.0 Å². The molecule has 3 aromatic carbocycles. The fourth-order valence-electron chi connectivity index (χ4n) is 4.02. The average molecular weight is 535 g/mol. The number of benzene rings is 3. The highest BCUT2D eigenvalue weighted by Gasteiger charge is 2.34. The molecule has 0 unspecified atom stereocenters. The minimum atomic E-state index is -4.56. The fraction of sp³-hybridized carbons (Fsp3) is 0.138. The van der Waals surface area contributed by atoms with Crippen LogP contribution in [0, 0.1) is 0 Å². The van der Waals surface area contributed by atoms with Gasteiger partial charge in [0.15, 0.2) is 5.82 Å². The van der Waals surface area contributed by atoms with Crippen LogP contribution in [0.3, 0.4) is 0 Å². The molecule has 5 rings (SSSR count). The van der Waals surface area contributed by atoms with E-state index in [1.807, 2.05) is 30.3 Å². The summed E-state index contributed by atoms with van der Waals surface area (Å²) in [5.74, 6) is 1.14. The molecular weight excluding hydrogens is 512 g/mol. The molecule has 0 aliphatic carbocycles. The quantitative estimate of drug-likeness (QED) is 0.198. The summed E-state index contributed by atoms with van der Waals surface area (Å²) in [6, 6.07) is 23.2. The summed E-state index contributed by atoms with van der Waals surface area (Å²) in [7, 11) is 0. The molecule has 0 radical (unpaired) electrons. The van der Waals surface area contributed by atoms with Crippen LogP contribution in [-0.2, 0) is 24.1 Å². The smallest absolute Gasteiger partial charge is 0.418 e. The van der Waals surface area contributed by atoms with Crippen LogP contribution in [0.15, 0.2) is 91.1 Å². The molecule has 6 nitrogen and oxygen atoms in total. The van der Waals surface area contributed by atoms with Crippen molar-refractivity contribution in [2.24, 2.45) is 0 Å². The zero-order valence-electron chi connectivity index (χ0n) is 20.5. The third kappa shape index (κ3) is 6.29. The Hall–Kier alpha value is -4.57. The summed E-state index contributed by atoms with van der Waals surface area (Å²) in [5, 5.41) is 3.79. The summed E-state index contributed by atoms with van der Waals surface area (Å²) in [4.78, 5) is 13.2. The number of anilines is 2. The summed E-state index contributed by atoms with van der Waals surface area (Å²) < 4.78 is 64.1. The fourth-order valence-corrected chi connectivity index (χ4v) is 4.02. The second-order valence-electron chi connectivity index (χ2n) is 8.50. The number of hydrogen-bond acceptors (Lipinski definition) is 6. The molecule has 5 aromatic rings. The van der Waals surface area contributed by atoms with Crippen LogP contribution in [0.4, 0.5) is 29.1 Å². The van der Waals surface area contributed by atoms with E-state index in [9.17, 15) is 17.6 Å². The number of alkyl halides is 4. The third-order valence-corrected chi connectivity index (χ3v) is 5.81. The van der Waals surface area contributed by atoms with E-state index in [-0.39, 0.29) is 17.9 Å². The summed E-state index contributed by atoms with van der Waals surface area (Å²) >= 11 is 0. The highest BCUT2D eigenvalue weighted by Crippen LogP contribution is 2.37. The molecule has 39 heavy (non-hydrogen) atoms. The van der Waals surface area contributed by atoms with E-state index in [1.54, 1.807) is 42.5 Å². The molecule has 0 spiro atoms. The lowest BCUT2D eigenvalue weighted by molar-refractivity contribution is -0.137. The van der Waals surface area contributed by atoms with Gasteiger partial charge in [0.1, 0.15) is 18.2 Å². The molecule has 1 N–H and O–H groups in total. The first-order chi connectivity index (χ1) is 18.9. The molecule has 198 valence electrons. The molecule has 0 aliphatic heterocycles. The van der Waals surface area contributed by atoms with Gasteiger partial charge in [0, 0.05) is 22.8 Å². The van der Waals surface area contributed by atoms with E-state index in [0.29, 0.717) is 40.6 Å². The van der Waals surface area contributed by atoms with E-state index in [1.165, 1.54) is 12.3 Å². The van der Waals surface area contributed by atoms with E-state index >= 15 is 0 Å². The van der Waals surface area contributed by atoms with Crippen molar-refractivity contribution in [3.63, 3.8) is 0 Å². The monoisotopic (exact) mass is 534 g/mol. The number of ether oxygens (including phenoxy) is 2. The maximum Gasteiger partial charge on any atom is 0.418 e. The van der Waals surface area contributed by atoms with Gasteiger partial charge in [0.25, 0.3) is 0 Å². The lowest BCUT2D eigenvalue weighted by Gasteiger charge is -2.14. The zero-order valence-corrected chi connectivity index (χ0v) is 20.5. The first-order valence-corrected chi connectivity index (χ1v) is 11.9. The standard InChI is InChI=1S/C29H22F4N4O2/c30-18-39-22-11-9-21(10-12-22)35-28-23-13-8-20(27-24(29(31,32)33)7-4-14-34-27)15-25(23)36-26(37-28)17-38-16-19-5-2-1-3-6-19/h1-15H,16-18H2,(H,35,36,37).